The van der Waals surface area contributed by atoms with Gasteiger partial charge in [0.2, 0.25) is 0 Å². The van der Waals surface area contributed by atoms with Gasteiger partial charge in [-0.3, -0.25) is 4.90 Å². The van der Waals surface area contributed by atoms with Gasteiger partial charge in [0.05, 0.1) is 18.3 Å². The lowest BCUT2D eigenvalue weighted by molar-refractivity contribution is -0.137. The van der Waals surface area contributed by atoms with E-state index >= 15 is 0 Å². The second-order valence-corrected chi connectivity index (χ2v) is 5.11. The van der Waals surface area contributed by atoms with E-state index in [1.165, 1.54) is 6.07 Å². The molecule has 0 radical (unpaired) electrons. The lowest BCUT2D eigenvalue weighted by Crippen LogP contribution is -2.42. The van der Waals surface area contributed by atoms with Crippen LogP contribution in [0.5, 0.6) is 0 Å². The number of alkyl halides is 3. The van der Waals surface area contributed by atoms with Crippen molar-refractivity contribution in [2.45, 2.75) is 25.2 Å². The van der Waals surface area contributed by atoms with Crippen molar-refractivity contribution in [3.8, 4) is 0 Å². The molecule has 0 aliphatic carbocycles. The molecule has 1 aromatic rings. The van der Waals surface area contributed by atoms with Crippen LogP contribution in [0.2, 0.25) is 0 Å². The predicted molar refractivity (Wildman–Crippen MR) is 70.1 cm³/mol. The Labute approximate surface area is 120 Å². The molecule has 1 aliphatic rings. The summed E-state index contributed by atoms with van der Waals surface area (Å²) >= 11 is 0. The molecule has 0 saturated carbocycles. The van der Waals surface area contributed by atoms with Gasteiger partial charge in [0.15, 0.2) is 0 Å². The van der Waals surface area contributed by atoms with Gasteiger partial charge in [-0.15, -0.1) is 0 Å². The molecule has 1 aromatic carbocycles. The maximum Gasteiger partial charge on any atom is 0.416 e. The minimum Gasteiger partial charge on any atom is -0.376 e. The van der Waals surface area contributed by atoms with E-state index in [2.05, 4.69) is 0 Å². The Morgan fingerprint density at radius 3 is 2.71 bits per heavy atom. The highest BCUT2D eigenvalue weighted by atomic mass is 19.4. The highest BCUT2D eigenvalue weighted by Gasteiger charge is 2.31. The molecule has 0 bridgehead atoms. The summed E-state index contributed by atoms with van der Waals surface area (Å²) in [5.74, 6) is -0.827. The van der Waals surface area contributed by atoms with Crippen molar-refractivity contribution in [3.63, 3.8) is 0 Å². The smallest absolute Gasteiger partial charge is 0.376 e. The molecule has 1 atom stereocenters. The van der Waals surface area contributed by atoms with Gasteiger partial charge < -0.3 is 10.5 Å². The van der Waals surface area contributed by atoms with Crippen molar-refractivity contribution in [1.82, 2.24) is 4.90 Å². The summed E-state index contributed by atoms with van der Waals surface area (Å²) in [6.45, 7) is 2.54. The van der Waals surface area contributed by atoms with E-state index in [9.17, 15) is 17.6 Å². The Kier molecular flexibility index (Phi) is 5.18. The number of rotatable bonds is 4. The molecule has 0 spiro atoms. The molecule has 0 aromatic heterocycles. The average Bonchev–Trinajstić information content (AvgIpc) is 2.41. The molecular weight excluding hydrogens is 288 g/mol. The molecule has 118 valence electrons. The number of hydrogen-bond donors (Lipinski definition) is 1. The first kappa shape index (κ1) is 16.2. The quantitative estimate of drug-likeness (QED) is 0.868. The fraction of sp³-hybridized carbons (Fsp3) is 0.571. The molecule has 1 aliphatic heterocycles. The van der Waals surface area contributed by atoms with E-state index in [4.69, 9.17) is 10.5 Å². The van der Waals surface area contributed by atoms with Gasteiger partial charge in [-0.25, -0.2) is 4.39 Å². The lowest BCUT2D eigenvalue weighted by atomic mass is 10.1. The maximum atomic E-state index is 13.8. The van der Waals surface area contributed by atoms with Crippen LogP contribution in [0, 0.1) is 5.82 Å². The molecule has 1 unspecified atom stereocenters. The van der Waals surface area contributed by atoms with E-state index in [0.29, 0.717) is 38.7 Å². The van der Waals surface area contributed by atoms with E-state index in [1.807, 2.05) is 4.90 Å². The Balaban J connectivity index is 2.02. The highest BCUT2D eigenvalue weighted by Crippen LogP contribution is 2.30. The zero-order valence-electron chi connectivity index (χ0n) is 11.5. The first-order valence-electron chi connectivity index (χ1n) is 6.80. The van der Waals surface area contributed by atoms with Crippen LogP contribution in [0.1, 0.15) is 17.5 Å². The third-order valence-corrected chi connectivity index (χ3v) is 3.49. The fourth-order valence-corrected chi connectivity index (χ4v) is 2.38. The van der Waals surface area contributed by atoms with E-state index < -0.39 is 17.6 Å². The molecule has 2 rings (SSSR count). The second kappa shape index (κ2) is 6.72. The average molecular weight is 306 g/mol. The zero-order chi connectivity index (χ0) is 15.5. The standard InChI is InChI=1S/C14H18F4N2O/c15-13-7-11(14(16,17)18)2-1-10(13)8-20-5-6-21-12(9-20)3-4-19/h1-2,7,12H,3-6,8-9,19H2. The monoisotopic (exact) mass is 306 g/mol. The van der Waals surface area contributed by atoms with Gasteiger partial charge in [-0.2, -0.15) is 13.2 Å². The van der Waals surface area contributed by atoms with Crippen molar-refractivity contribution in [2.75, 3.05) is 26.2 Å². The normalized spacial score (nSPS) is 20.7. The van der Waals surface area contributed by atoms with Gasteiger partial charge in [0.25, 0.3) is 0 Å². The van der Waals surface area contributed by atoms with E-state index in [1.54, 1.807) is 0 Å². The third kappa shape index (κ3) is 4.39. The number of nitrogens with zero attached hydrogens (tertiary/aromatic N) is 1. The van der Waals surface area contributed by atoms with Crippen molar-refractivity contribution >= 4 is 0 Å². The Morgan fingerprint density at radius 1 is 1.33 bits per heavy atom. The summed E-state index contributed by atoms with van der Waals surface area (Å²) in [5.41, 5.74) is 4.77. The van der Waals surface area contributed by atoms with Crippen LogP contribution >= 0.6 is 0 Å². The summed E-state index contributed by atoms with van der Waals surface area (Å²) in [6.07, 6.45) is -3.81. The molecule has 1 fully saturated rings. The minimum absolute atomic E-state index is 0.00117. The lowest BCUT2D eigenvalue weighted by Gasteiger charge is -2.32. The minimum atomic E-state index is -4.52. The summed E-state index contributed by atoms with van der Waals surface area (Å²) in [6, 6.07) is 2.66. The molecule has 3 nitrogen and oxygen atoms in total. The Morgan fingerprint density at radius 2 is 2.10 bits per heavy atom. The van der Waals surface area contributed by atoms with Gasteiger partial charge in [0.1, 0.15) is 5.82 Å². The SMILES string of the molecule is NCCC1CN(Cc2ccc(C(F)(F)F)cc2F)CCO1. The molecule has 21 heavy (non-hydrogen) atoms. The van der Waals surface area contributed by atoms with Gasteiger partial charge in [-0.05, 0) is 25.1 Å². The second-order valence-electron chi connectivity index (χ2n) is 5.11. The Bertz CT molecular complexity index is 477. The van der Waals surface area contributed by atoms with Crippen molar-refractivity contribution in [2.24, 2.45) is 5.73 Å². The zero-order valence-corrected chi connectivity index (χ0v) is 11.5. The van der Waals surface area contributed by atoms with Crippen molar-refractivity contribution in [3.05, 3.63) is 35.1 Å². The van der Waals surface area contributed by atoms with Crippen LogP contribution in [0.3, 0.4) is 0 Å². The fourth-order valence-electron chi connectivity index (χ4n) is 2.38. The first-order chi connectivity index (χ1) is 9.90. The summed E-state index contributed by atoms with van der Waals surface area (Å²) < 4.78 is 56.8. The predicted octanol–water partition coefficient (Wildman–Crippen LogP) is 2.39. The molecular formula is C14H18F4N2O. The first-order valence-corrected chi connectivity index (χ1v) is 6.80. The number of benzene rings is 1. The van der Waals surface area contributed by atoms with Crippen LogP contribution in [0.4, 0.5) is 17.6 Å². The van der Waals surface area contributed by atoms with Crippen LogP contribution in [0.15, 0.2) is 18.2 Å². The highest BCUT2D eigenvalue weighted by molar-refractivity contribution is 5.26. The van der Waals surface area contributed by atoms with Crippen LogP contribution in [-0.2, 0) is 17.5 Å². The van der Waals surface area contributed by atoms with Gasteiger partial charge >= 0.3 is 6.18 Å². The summed E-state index contributed by atoms with van der Waals surface area (Å²) in [4.78, 5) is 1.97. The number of ether oxygens (including phenoxy) is 1. The number of hydrogen-bond acceptors (Lipinski definition) is 3. The number of halogens is 4. The summed E-state index contributed by atoms with van der Waals surface area (Å²) in [7, 11) is 0. The van der Waals surface area contributed by atoms with Gasteiger partial charge in [0, 0.05) is 25.2 Å². The molecule has 1 saturated heterocycles. The van der Waals surface area contributed by atoms with Crippen LogP contribution in [0.25, 0.3) is 0 Å². The Hall–Kier alpha value is -1.18. The molecule has 7 heteroatoms. The van der Waals surface area contributed by atoms with Crippen molar-refractivity contribution in [1.29, 1.82) is 0 Å². The maximum absolute atomic E-state index is 13.8. The largest absolute Gasteiger partial charge is 0.416 e. The van der Waals surface area contributed by atoms with Crippen molar-refractivity contribution < 1.29 is 22.3 Å². The molecule has 0 amide bonds. The third-order valence-electron chi connectivity index (χ3n) is 3.49. The topological polar surface area (TPSA) is 38.5 Å². The summed E-state index contributed by atoms with van der Waals surface area (Å²) in [5, 5.41) is 0. The van der Waals surface area contributed by atoms with Gasteiger partial charge in [-0.1, -0.05) is 6.07 Å². The van der Waals surface area contributed by atoms with Crippen LogP contribution in [-0.4, -0.2) is 37.2 Å². The molecule has 1 heterocycles. The molecule has 2 N–H and O–H groups in total. The van der Waals surface area contributed by atoms with Crippen LogP contribution < -0.4 is 5.73 Å². The number of nitrogens with two attached hydrogens (primary N) is 1. The van der Waals surface area contributed by atoms with E-state index in [-0.39, 0.29) is 18.2 Å². The number of morpholine rings is 1. The van der Waals surface area contributed by atoms with E-state index in [0.717, 1.165) is 6.07 Å².